The van der Waals surface area contributed by atoms with Gasteiger partial charge in [-0.3, -0.25) is 4.79 Å². The molecule has 0 aliphatic rings. The van der Waals surface area contributed by atoms with Gasteiger partial charge < -0.3 is 20.4 Å². The molecular formula is C15H34N4O. The number of carbonyl (C=O) groups excluding carboxylic acids is 1. The van der Waals surface area contributed by atoms with E-state index in [9.17, 15) is 4.79 Å². The molecule has 0 spiro atoms. The van der Waals surface area contributed by atoms with Crippen LogP contribution in [0.3, 0.4) is 0 Å². The Morgan fingerprint density at radius 1 is 0.950 bits per heavy atom. The minimum atomic E-state index is 0.250. The van der Waals surface area contributed by atoms with Crippen LogP contribution in [0.1, 0.15) is 26.2 Å². The smallest absolute Gasteiger partial charge is 0.222 e. The highest BCUT2D eigenvalue weighted by Crippen LogP contribution is 2.06. The van der Waals surface area contributed by atoms with Crippen LogP contribution < -0.4 is 5.73 Å². The van der Waals surface area contributed by atoms with Crippen molar-refractivity contribution in [3.63, 3.8) is 0 Å². The molecule has 2 N–H and O–H groups in total. The highest BCUT2D eigenvalue weighted by atomic mass is 16.2. The van der Waals surface area contributed by atoms with E-state index in [1.165, 1.54) is 0 Å². The Labute approximate surface area is 125 Å². The number of hydrogen-bond donors (Lipinski definition) is 1. The largest absolute Gasteiger partial charge is 0.343 e. The number of nitrogens with zero attached hydrogens (tertiary/aromatic N) is 3. The van der Waals surface area contributed by atoms with Crippen LogP contribution in [0.5, 0.6) is 0 Å². The fraction of sp³-hybridized carbons (Fsp3) is 0.933. The summed E-state index contributed by atoms with van der Waals surface area (Å²) in [6.07, 6.45) is 2.62. The number of carbonyl (C=O) groups is 1. The summed E-state index contributed by atoms with van der Waals surface area (Å²) in [5.74, 6) is 0.521. The molecule has 0 aromatic rings. The maximum atomic E-state index is 12.3. The van der Waals surface area contributed by atoms with Crippen LogP contribution in [0.15, 0.2) is 0 Å². The fourth-order valence-corrected chi connectivity index (χ4v) is 2.03. The molecule has 0 fully saturated rings. The Bertz CT molecular complexity index is 242. The second-order valence-electron chi connectivity index (χ2n) is 6.24. The second kappa shape index (κ2) is 11.1. The Morgan fingerprint density at radius 2 is 1.40 bits per heavy atom. The van der Waals surface area contributed by atoms with Crippen LogP contribution in [0.25, 0.3) is 0 Å². The molecule has 0 aliphatic heterocycles. The lowest BCUT2D eigenvalue weighted by atomic mass is 10.1. The van der Waals surface area contributed by atoms with Gasteiger partial charge in [0, 0.05) is 19.5 Å². The minimum absolute atomic E-state index is 0.250. The summed E-state index contributed by atoms with van der Waals surface area (Å²) in [6.45, 7) is 6.35. The topological polar surface area (TPSA) is 52.8 Å². The zero-order valence-corrected chi connectivity index (χ0v) is 14.1. The number of nitrogens with two attached hydrogens (primary N) is 1. The first kappa shape index (κ1) is 19.4. The van der Waals surface area contributed by atoms with Gasteiger partial charge in [-0.2, -0.15) is 0 Å². The molecule has 0 saturated heterocycles. The van der Waals surface area contributed by atoms with Crippen molar-refractivity contribution in [2.75, 3.05) is 60.9 Å². The lowest BCUT2D eigenvalue weighted by Crippen LogP contribution is -2.36. The summed E-state index contributed by atoms with van der Waals surface area (Å²) in [7, 11) is 8.26. The molecule has 1 atom stereocenters. The third kappa shape index (κ3) is 10.2. The molecule has 0 heterocycles. The van der Waals surface area contributed by atoms with Gasteiger partial charge in [-0.25, -0.2) is 0 Å². The van der Waals surface area contributed by atoms with E-state index < -0.39 is 0 Å². The van der Waals surface area contributed by atoms with Crippen molar-refractivity contribution in [3.05, 3.63) is 0 Å². The van der Waals surface area contributed by atoms with Gasteiger partial charge in [0.05, 0.1) is 0 Å². The summed E-state index contributed by atoms with van der Waals surface area (Å²) in [6, 6.07) is 0. The van der Waals surface area contributed by atoms with Gasteiger partial charge in [0.2, 0.25) is 5.91 Å². The maximum absolute atomic E-state index is 12.3. The Kier molecular flexibility index (Phi) is 10.7. The molecule has 0 aliphatic carbocycles. The summed E-state index contributed by atoms with van der Waals surface area (Å²) < 4.78 is 0. The lowest BCUT2D eigenvalue weighted by Gasteiger charge is -2.25. The van der Waals surface area contributed by atoms with Gasteiger partial charge in [-0.15, -0.1) is 0 Å². The van der Waals surface area contributed by atoms with Crippen molar-refractivity contribution < 1.29 is 4.79 Å². The number of amides is 1. The van der Waals surface area contributed by atoms with Gasteiger partial charge >= 0.3 is 0 Å². The number of hydrogen-bond acceptors (Lipinski definition) is 4. The predicted octanol–water partition coefficient (Wildman–Crippen LogP) is 0.703. The van der Waals surface area contributed by atoms with E-state index in [4.69, 9.17) is 5.73 Å². The highest BCUT2D eigenvalue weighted by Gasteiger charge is 2.15. The Hall–Kier alpha value is -0.650. The van der Waals surface area contributed by atoms with Crippen LogP contribution in [-0.4, -0.2) is 81.5 Å². The van der Waals surface area contributed by atoms with E-state index in [0.717, 1.165) is 39.0 Å². The standard InChI is InChI=1S/C15H34N4O/c1-14(13-16)12-15(20)19(10-6-8-17(2)3)11-7-9-18(4)5/h14H,6-13,16H2,1-5H3. The fourth-order valence-electron chi connectivity index (χ4n) is 2.03. The summed E-state index contributed by atoms with van der Waals surface area (Å²) >= 11 is 0. The lowest BCUT2D eigenvalue weighted by molar-refractivity contribution is -0.132. The summed E-state index contributed by atoms with van der Waals surface area (Å²) in [5.41, 5.74) is 5.62. The van der Waals surface area contributed by atoms with Crippen molar-refractivity contribution in [3.8, 4) is 0 Å². The van der Waals surface area contributed by atoms with E-state index in [2.05, 4.69) is 38.0 Å². The normalized spacial score (nSPS) is 13.0. The zero-order chi connectivity index (χ0) is 15.5. The molecule has 5 heteroatoms. The van der Waals surface area contributed by atoms with Gasteiger partial charge in [-0.1, -0.05) is 6.92 Å². The average Bonchev–Trinajstić information content (AvgIpc) is 2.35. The van der Waals surface area contributed by atoms with Gasteiger partial charge in [0.25, 0.3) is 0 Å². The van der Waals surface area contributed by atoms with Gasteiger partial charge in [0.15, 0.2) is 0 Å². The second-order valence-corrected chi connectivity index (χ2v) is 6.24. The van der Waals surface area contributed by atoms with E-state index in [1.807, 2.05) is 11.8 Å². The van der Waals surface area contributed by atoms with Crippen LogP contribution >= 0.6 is 0 Å². The molecule has 120 valence electrons. The molecule has 5 nitrogen and oxygen atoms in total. The van der Waals surface area contributed by atoms with E-state index in [0.29, 0.717) is 13.0 Å². The molecule has 1 unspecified atom stereocenters. The Morgan fingerprint density at radius 3 is 1.75 bits per heavy atom. The van der Waals surface area contributed by atoms with Crippen LogP contribution in [0.4, 0.5) is 0 Å². The van der Waals surface area contributed by atoms with Crippen LogP contribution in [0.2, 0.25) is 0 Å². The van der Waals surface area contributed by atoms with E-state index >= 15 is 0 Å². The SMILES string of the molecule is CC(CN)CC(=O)N(CCCN(C)C)CCCN(C)C. The van der Waals surface area contributed by atoms with Crippen molar-refractivity contribution in [1.82, 2.24) is 14.7 Å². The Balaban J connectivity index is 4.25. The maximum Gasteiger partial charge on any atom is 0.222 e. The minimum Gasteiger partial charge on any atom is -0.343 e. The van der Waals surface area contributed by atoms with Crippen molar-refractivity contribution in [1.29, 1.82) is 0 Å². The molecule has 20 heavy (non-hydrogen) atoms. The molecule has 0 saturated carbocycles. The first-order valence-electron chi connectivity index (χ1n) is 7.64. The molecular weight excluding hydrogens is 252 g/mol. The quantitative estimate of drug-likeness (QED) is 0.607. The van der Waals surface area contributed by atoms with Crippen molar-refractivity contribution >= 4 is 5.91 Å². The third-order valence-electron chi connectivity index (χ3n) is 3.34. The van der Waals surface area contributed by atoms with Gasteiger partial charge in [-0.05, 0) is 66.6 Å². The molecule has 0 bridgehead atoms. The zero-order valence-electron chi connectivity index (χ0n) is 14.1. The predicted molar refractivity (Wildman–Crippen MR) is 85.8 cm³/mol. The first-order chi connectivity index (χ1) is 9.36. The first-order valence-corrected chi connectivity index (χ1v) is 7.64. The number of rotatable bonds is 11. The van der Waals surface area contributed by atoms with E-state index in [-0.39, 0.29) is 11.8 Å². The molecule has 0 aromatic carbocycles. The third-order valence-corrected chi connectivity index (χ3v) is 3.34. The molecule has 1 amide bonds. The monoisotopic (exact) mass is 286 g/mol. The van der Waals surface area contributed by atoms with Crippen molar-refractivity contribution in [2.24, 2.45) is 11.7 Å². The van der Waals surface area contributed by atoms with Crippen LogP contribution in [-0.2, 0) is 4.79 Å². The molecule has 0 aromatic heterocycles. The average molecular weight is 286 g/mol. The van der Waals surface area contributed by atoms with Gasteiger partial charge in [0.1, 0.15) is 0 Å². The summed E-state index contributed by atoms with van der Waals surface area (Å²) in [5, 5.41) is 0. The van der Waals surface area contributed by atoms with E-state index in [1.54, 1.807) is 0 Å². The summed E-state index contributed by atoms with van der Waals surface area (Å²) in [4.78, 5) is 18.6. The van der Waals surface area contributed by atoms with Crippen LogP contribution in [0, 0.1) is 5.92 Å². The molecule has 0 rings (SSSR count). The van der Waals surface area contributed by atoms with Crippen molar-refractivity contribution in [2.45, 2.75) is 26.2 Å². The highest BCUT2D eigenvalue weighted by molar-refractivity contribution is 5.76. The molecule has 0 radical (unpaired) electrons.